The van der Waals surface area contributed by atoms with Crippen molar-refractivity contribution in [3.05, 3.63) is 70.9 Å². The fourth-order valence-electron chi connectivity index (χ4n) is 2.61. The minimum absolute atomic E-state index is 0.564. The van der Waals surface area contributed by atoms with Gasteiger partial charge in [0.2, 0.25) is 5.89 Å². The summed E-state index contributed by atoms with van der Waals surface area (Å²) in [5, 5.41) is 3.07. The molecule has 0 bridgehead atoms. The Balaban J connectivity index is 2.08. The van der Waals surface area contributed by atoms with E-state index in [4.69, 9.17) is 16.6 Å². The Morgan fingerprint density at radius 1 is 0.864 bits per heavy atom. The van der Waals surface area contributed by atoms with Gasteiger partial charge in [-0.25, -0.2) is 4.98 Å². The van der Waals surface area contributed by atoms with Gasteiger partial charge in [0.25, 0.3) is 0 Å². The highest BCUT2D eigenvalue weighted by atomic mass is 32.1. The summed E-state index contributed by atoms with van der Waals surface area (Å²) in [6.07, 6.45) is 0. The normalized spacial score (nSPS) is 11.1. The summed E-state index contributed by atoms with van der Waals surface area (Å²) in [4.78, 5) is 4.46. The van der Waals surface area contributed by atoms with Crippen molar-refractivity contribution >= 4 is 34.0 Å². The zero-order valence-corrected chi connectivity index (χ0v) is 12.9. The summed E-state index contributed by atoms with van der Waals surface area (Å²) in [6.45, 7) is 2.06. The van der Waals surface area contributed by atoms with Gasteiger partial charge in [-0.05, 0) is 30.5 Å². The van der Waals surface area contributed by atoms with Crippen molar-refractivity contribution in [2.45, 2.75) is 6.92 Å². The van der Waals surface area contributed by atoms with Crippen molar-refractivity contribution in [2.24, 2.45) is 0 Å². The van der Waals surface area contributed by atoms with Gasteiger partial charge in [-0.15, -0.1) is 0 Å². The summed E-state index contributed by atoms with van der Waals surface area (Å²) in [7, 11) is 0. The van der Waals surface area contributed by atoms with E-state index in [-0.39, 0.29) is 0 Å². The molecule has 0 fully saturated rings. The van der Waals surface area contributed by atoms with Crippen LogP contribution in [0.3, 0.4) is 0 Å². The van der Waals surface area contributed by atoms with Gasteiger partial charge >= 0.3 is 0 Å². The third kappa shape index (κ3) is 2.11. The summed E-state index contributed by atoms with van der Waals surface area (Å²) in [6, 6.07) is 20.3. The van der Waals surface area contributed by atoms with Crippen LogP contribution in [0.2, 0.25) is 0 Å². The van der Waals surface area contributed by atoms with Crippen LogP contribution in [0.5, 0.6) is 0 Å². The molecule has 0 saturated heterocycles. The van der Waals surface area contributed by atoms with Crippen LogP contribution in [0.1, 0.15) is 5.56 Å². The van der Waals surface area contributed by atoms with E-state index in [2.05, 4.69) is 30.1 Å². The molecule has 0 unspecified atom stereocenters. The van der Waals surface area contributed by atoms with Crippen molar-refractivity contribution in [3.63, 3.8) is 0 Å². The molecule has 0 N–H and O–H groups in total. The largest absolute Gasteiger partial charge is 0.437 e. The SMILES string of the molecule is Cc1ccc(-c2nc(=S)c3ccc4ccccc4c3o2)cc1. The molecule has 3 heteroatoms. The summed E-state index contributed by atoms with van der Waals surface area (Å²) < 4.78 is 6.68. The standard InChI is InChI=1S/C19H13NOS/c1-12-6-8-14(9-7-12)18-20-19(22)16-11-10-13-4-2-3-5-15(13)17(16)21-18/h2-11H,1H3. The molecule has 106 valence electrons. The zero-order valence-electron chi connectivity index (χ0n) is 12.0. The van der Waals surface area contributed by atoms with Crippen LogP contribution in [-0.2, 0) is 0 Å². The van der Waals surface area contributed by atoms with Crippen LogP contribution in [0.15, 0.2) is 65.1 Å². The number of fused-ring (bicyclic) bond motifs is 3. The molecule has 0 atom stereocenters. The molecule has 0 saturated carbocycles. The second kappa shape index (κ2) is 5.04. The number of rotatable bonds is 1. The van der Waals surface area contributed by atoms with E-state index in [9.17, 15) is 0 Å². The van der Waals surface area contributed by atoms with Crippen LogP contribution in [0.4, 0.5) is 0 Å². The Hall–Kier alpha value is -2.52. The first-order valence-corrected chi connectivity index (χ1v) is 7.53. The first kappa shape index (κ1) is 13.2. The van der Waals surface area contributed by atoms with Crippen LogP contribution in [-0.4, -0.2) is 4.98 Å². The van der Waals surface area contributed by atoms with Gasteiger partial charge < -0.3 is 4.42 Å². The highest BCUT2D eigenvalue weighted by molar-refractivity contribution is 7.71. The zero-order chi connectivity index (χ0) is 15.1. The van der Waals surface area contributed by atoms with Crippen LogP contribution in [0.25, 0.3) is 33.2 Å². The Labute approximate surface area is 133 Å². The maximum atomic E-state index is 6.10. The van der Waals surface area contributed by atoms with Crippen molar-refractivity contribution in [1.82, 2.24) is 4.98 Å². The fraction of sp³-hybridized carbons (Fsp3) is 0.0526. The van der Waals surface area contributed by atoms with E-state index in [1.165, 1.54) is 5.56 Å². The van der Waals surface area contributed by atoms with Crippen molar-refractivity contribution in [1.29, 1.82) is 0 Å². The third-order valence-corrected chi connectivity index (χ3v) is 4.12. The monoisotopic (exact) mass is 303 g/mol. The van der Waals surface area contributed by atoms with Gasteiger partial charge in [-0.2, -0.15) is 0 Å². The molecule has 0 aliphatic rings. The predicted octanol–water partition coefficient (Wildman–Crippen LogP) is 5.69. The first-order valence-electron chi connectivity index (χ1n) is 7.12. The lowest BCUT2D eigenvalue weighted by Gasteiger charge is -2.06. The molecule has 2 nitrogen and oxygen atoms in total. The van der Waals surface area contributed by atoms with E-state index >= 15 is 0 Å². The van der Waals surface area contributed by atoms with Crippen LogP contribution >= 0.6 is 12.2 Å². The molecule has 3 aromatic carbocycles. The van der Waals surface area contributed by atoms with E-state index in [0.29, 0.717) is 10.5 Å². The van der Waals surface area contributed by atoms with Gasteiger partial charge in [0.05, 0.1) is 5.39 Å². The smallest absolute Gasteiger partial charge is 0.227 e. The molecule has 0 aliphatic carbocycles. The van der Waals surface area contributed by atoms with Crippen molar-refractivity contribution in [2.75, 3.05) is 0 Å². The van der Waals surface area contributed by atoms with E-state index in [1.807, 2.05) is 42.5 Å². The lowest BCUT2D eigenvalue weighted by molar-refractivity contribution is 0.600. The van der Waals surface area contributed by atoms with Crippen LogP contribution in [0, 0.1) is 11.6 Å². The molecule has 1 heterocycles. The maximum Gasteiger partial charge on any atom is 0.227 e. The summed E-state index contributed by atoms with van der Waals surface area (Å²) >= 11 is 5.46. The molecule has 0 aliphatic heterocycles. The average Bonchev–Trinajstić information content (AvgIpc) is 2.55. The summed E-state index contributed by atoms with van der Waals surface area (Å²) in [5.74, 6) is 0.564. The van der Waals surface area contributed by atoms with Gasteiger partial charge in [0.15, 0.2) is 0 Å². The molecule has 4 rings (SSSR count). The second-order valence-corrected chi connectivity index (χ2v) is 5.74. The van der Waals surface area contributed by atoms with Gasteiger partial charge in [0.1, 0.15) is 10.2 Å². The number of aryl methyl sites for hydroxylation is 1. The maximum absolute atomic E-state index is 6.10. The number of benzene rings is 3. The van der Waals surface area contributed by atoms with Gasteiger partial charge in [-0.1, -0.05) is 60.2 Å². The lowest BCUT2D eigenvalue weighted by Crippen LogP contribution is -1.88. The predicted molar refractivity (Wildman–Crippen MR) is 92.5 cm³/mol. The first-order chi connectivity index (χ1) is 10.7. The molecular weight excluding hydrogens is 290 g/mol. The Bertz CT molecular complexity index is 1050. The average molecular weight is 303 g/mol. The molecule has 0 amide bonds. The number of aromatic nitrogens is 1. The topological polar surface area (TPSA) is 26.0 Å². The molecule has 0 spiro atoms. The number of nitrogens with zero attached hydrogens (tertiary/aromatic N) is 1. The second-order valence-electron chi connectivity index (χ2n) is 5.35. The van der Waals surface area contributed by atoms with Gasteiger partial charge in [-0.3, -0.25) is 0 Å². The highest BCUT2D eigenvalue weighted by Crippen LogP contribution is 2.29. The van der Waals surface area contributed by atoms with E-state index < -0.39 is 0 Å². The minimum atomic E-state index is 0.564. The number of hydrogen-bond acceptors (Lipinski definition) is 3. The Morgan fingerprint density at radius 3 is 2.45 bits per heavy atom. The Morgan fingerprint density at radius 2 is 1.64 bits per heavy atom. The van der Waals surface area contributed by atoms with Crippen molar-refractivity contribution < 1.29 is 4.42 Å². The highest BCUT2D eigenvalue weighted by Gasteiger charge is 2.09. The molecule has 22 heavy (non-hydrogen) atoms. The van der Waals surface area contributed by atoms with Crippen molar-refractivity contribution in [3.8, 4) is 11.5 Å². The van der Waals surface area contributed by atoms with E-state index in [0.717, 1.165) is 27.3 Å². The summed E-state index contributed by atoms with van der Waals surface area (Å²) in [5.41, 5.74) is 2.94. The van der Waals surface area contributed by atoms with Gasteiger partial charge in [0, 0.05) is 10.9 Å². The lowest BCUT2D eigenvalue weighted by atomic mass is 10.1. The number of hydrogen-bond donors (Lipinski definition) is 0. The van der Waals surface area contributed by atoms with E-state index in [1.54, 1.807) is 0 Å². The molecule has 0 radical (unpaired) electrons. The Kier molecular flexibility index (Phi) is 3.01. The molecule has 1 aromatic heterocycles. The quantitative estimate of drug-likeness (QED) is 0.334. The minimum Gasteiger partial charge on any atom is -0.437 e. The third-order valence-electron chi connectivity index (χ3n) is 3.81. The molecular formula is C19H13NOS. The fourth-order valence-corrected chi connectivity index (χ4v) is 2.86. The van der Waals surface area contributed by atoms with Crippen LogP contribution < -0.4 is 0 Å². The molecule has 4 aromatic rings.